The number of benzene rings is 1. The van der Waals surface area contributed by atoms with Crippen LogP contribution >= 0.6 is 0 Å². The van der Waals surface area contributed by atoms with Crippen molar-refractivity contribution >= 4 is 28.4 Å². The van der Waals surface area contributed by atoms with Crippen LogP contribution in [-0.2, 0) is 4.79 Å². The van der Waals surface area contributed by atoms with Gasteiger partial charge in [0.15, 0.2) is 5.52 Å². The number of fused-ring (bicyclic) bond motifs is 1. The largest absolute Gasteiger partial charge is 0.480 e. The first-order valence-electron chi connectivity index (χ1n) is 6.42. The van der Waals surface area contributed by atoms with Crippen molar-refractivity contribution in [2.24, 2.45) is 5.92 Å². The summed E-state index contributed by atoms with van der Waals surface area (Å²) in [5, 5.41) is 27.2. The maximum atomic E-state index is 11.0. The van der Waals surface area contributed by atoms with Crippen LogP contribution in [0.25, 0.3) is 11.0 Å². The van der Waals surface area contributed by atoms with Gasteiger partial charge in [0.05, 0.1) is 10.6 Å². The van der Waals surface area contributed by atoms with E-state index in [-0.39, 0.29) is 23.3 Å². The Balaban J connectivity index is 2.04. The van der Waals surface area contributed by atoms with Gasteiger partial charge in [-0.25, -0.2) is 4.63 Å². The van der Waals surface area contributed by atoms with Crippen molar-refractivity contribution in [3.05, 3.63) is 22.2 Å². The second kappa shape index (κ2) is 5.00. The summed E-state index contributed by atoms with van der Waals surface area (Å²) in [5.74, 6) is -0.520. The van der Waals surface area contributed by atoms with E-state index in [2.05, 4.69) is 14.9 Å². The fourth-order valence-corrected chi connectivity index (χ4v) is 2.27. The van der Waals surface area contributed by atoms with E-state index in [9.17, 15) is 14.9 Å². The fourth-order valence-electron chi connectivity index (χ4n) is 2.27. The number of anilines is 1. The number of aromatic nitrogens is 2. The lowest BCUT2D eigenvalue weighted by Crippen LogP contribution is -2.31. The number of nitrogens with zero attached hydrogens (tertiary/aromatic N) is 4. The normalized spacial score (nSPS) is 14.3. The molecule has 1 N–H and O–H groups in total. The highest BCUT2D eigenvalue weighted by Gasteiger charge is 2.28. The molecule has 3 rings (SSSR count). The maximum Gasteiger partial charge on any atom is 0.323 e. The van der Waals surface area contributed by atoms with Gasteiger partial charge in [0.25, 0.3) is 0 Å². The molecule has 1 saturated carbocycles. The summed E-state index contributed by atoms with van der Waals surface area (Å²) >= 11 is 0. The van der Waals surface area contributed by atoms with Crippen LogP contribution in [0.3, 0.4) is 0 Å². The summed E-state index contributed by atoms with van der Waals surface area (Å²) in [6.07, 6.45) is 2.12. The summed E-state index contributed by atoms with van der Waals surface area (Å²) in [6, 6.07) is 2.79. The van der Waals surface area contributed by atoms with E-state index in [1.807, 2.05) is 0 Å². The van der Waals surface area contributed by atoms with Crippen LogP contribution in [0.4, 0.5) is 11.4 Å². The van der Waals surface area contributed by atoms with Crippen molar-refractivity contribution in [1.82, 2.24) is 10.3 Å². The molecule has 0 saturated heterocycles. The molecule has 110 valence electrons. The molecule has 0 atom stereocenters. The first-order chi connectivity index (χ1) is 10.1. The zero-order valence-corrected chi connectivity index (χ0v) is 10.9. The molecule has 0 aliphatic heterocycles. The molecule has 0 bridgehead atoms. The highest BCUT2D eigenvalue weighted by Crippen LogP contribution is 2.35. The first-order valence-corrected chi connectivity index (χ1v) is 6.42. The SMILES string of the molecule is O=C(O)CN(CC1CC1)c1ccc([N+](=O)[O-])c2nonc12. The van der Waals surface area contributed by atoms with Crippen molar-refractivity contribution in [2.75, 3.05) is 18.0 Å². The Morgan fingerprint density at radius 3 is 2.76 bits per heavy atom. The number of non-ortho nitro benzene ring substituents is 1. The van der Waals surface area contributed by atoms with Gasteiger partial charge in [0.2, 0.25) is 5.52 Å². The third-order valence-electron chi connectivity index (χ3n) is 3.41. The van der Waals surface area contributed by atoms with E-state index in [4.69, 9.17) is 5.11 Å². The lowest BCUT2D eigenvalue weighted by atomic mass is 10.2. The number of aliphatic carboxylic acids is 1. The third-order valence-corrected chi connectivity index (χ3v) is 3.41. The molecule has 2 aromatic rings. The summed E-state index contributed by atoms with van der Waals surface area (Å²) in [5.41, 5.74) is 0.526. The smallest absolute Gasteiger partial charge is 0.323 e. The molecule has 9 heteroatoms. The van der Waals surface area contributed by atoms with Crippen LogP contribution in [-0.4, -0.2) is 39.4 Å². The Morgan fingerprint density at radius 1 is 1.43 bits per heavy atom. The molecule has 1 fully saturated rings. The zero-order valence-electron chi connectivity index (χ0n) is 10.9. The Bertz CT molecular complexity index is 709. The standard InChI is InChI=1S/C12H12N4O5/c17-10(18)6-15(5-7-1-2-7)8-3-4-9(16(19)20)12-11(8)13-21-14-12/h3-4,7H,1-2,5-6H2,(H,17,18). The lowest BCUT2D eigenvalue weighted by Gasteiger charge is -2.22. The van der Waals surface area contributed by atoms with Gasteiger partial charge in [0.1, 0.15) is 6.54 Å². The van der Waals surface area contributed by atoms with E-state index >= 15 is 0 Å². The quantitative estimate of drug-likeness (QED) is 0.626. The van der Waals surface area contributed by atoms with Crippen molar-refractivity contribution in [1.29, 1.82) is 0 Å². The Labute approximate surface area is 118 Å². The zero-order chi connectivity index (χ0) is 15.0. The molecule has 1 aliphatic rings. The Morgan fingerprint density at radius 2 is 2.14 bits per heavy atom. The number of nitro benzene ring substituents is 1. The topological polar surface area (TPSA) is 123 Å². The van der Waals surface area contributed by atoms with Gasteiger partial charge >= 0.3 is 11.7 Å². The molecule has 9 nitrogen and oxygen atoms in total. The molecule has 21 heavy (non-hydrogen) atoms. The molecule has 1 aromatic carbocycles. The Kier molecular flexibility index (Phi) is 3.16. The van der Waals surface area contributed by atoms with Gasteiger partial charge in [-0.15, -0.1) is 0 Å². The fraction of sp³-hybridized carbons (Fsp3) is 0.417. The molecule has 0 spiro atoms. The summed E-state index contributed by atoms with van der Waals surface area (Å²) < 4.78 is 4.59. The molecule has 0 radical (unpaired) electrons. The molecule has 1 heterocycles. The second-order valence-corrected chi connectivity index (χ2v) is 5.04. The maximum absolute atomic E-state index is 11.0. The van der Waals surface area contributed by atoms with Crippen molar-refractivity contribution < 1.29 is 19.5 Å². The number of hydrogen-bond acceptors (Lipinski definition) is 7. The predicted molar refractivity (Wildman–Crippen MR) is 71.0 cm³/mol. The number of nitro groups is 1. The van der Waals surface area contributed by atoms with E-state index in [1.54, 1.807) is 4.90 Å². The van der Waals surface area contributed by atoms with Crippen LogP contribution in [0.2, 0.25) is 0 Å². The molecular weight excluding hydrogens is 280 g/mol. The average Bonchev–Trinajstić information content (AvgIpc) is 3.09. The van der Waals surface area contributed by atoms with Crippen LogP contribution in [0, 0.1) is 16.0 Å². The van der Waals surface area contributed by atoms with Gasteiger partial charge in [-0.05, 0) is 35.1 Å². The second-order valence-electron chi connectivity index (χ2n) is 5.04. The van der Waals surface area contributed by atoms with E-state index in [0.717, 1.165) is 12.8 Å². The van der Waals surface area contributed by atoms with Gasteiger partial charge in [-0.1, -0.05) is 0 Å². The number of carboxylic acid groups (broad SMARTS) is 1. The summed E-state index contributed by atoms with van der Waals surface area (Å²) in [4.78, 5) is 23.1. The minimum atomic E-state index is -0.974. The number of carboxylic acids is 1. The van der Waals surface area contributed by atoms with Gasteiger partial charge in [-0.2, -0.15) is 0 Å². The Hall–Kier alpha value is -2.71. The van der Waals surface area contributed by atoms with Crippen LogP contribution in [0.15, 0.2) is 16.8 Å². The highest BCUT2D eigenvalue weighted by atomic mass is 16.6. The van der Waals surface area contributed by atoms with E-state index < -0.39 is 10.9 Å². The minimum absolute atomic E-state index is 0.0312. The lowest BCUT2D eigenvalue weighted by molar-refractivity contribution is -0.383. The van der Waals surface area contributed by atoms with Gasteiger partial charge in [-0.3, -0.25) is 14.9 Å². The molecular formula is C12H12N4O5. The van der Waals surface area contributed by atoms with Crippen molar-refractivity contribution in [2.45, 2.75) is 12.8 Å². The van der Waals surface area contributed by atoms with Crippen LogP contribution in [0.5, 0.6) is 0 Å². The van der Waals surface area contributed by atoms with Crippen LogP contribution < -0.4 is 4.90 Å². The highest BCUT2D eigenvalue weighted by molar-refractivity contribution is 5.94. The van der Waals surface area contributed by atoms with E-state index in [1.165, 1.54) is 12.1 Å². The first kappa shape index (κ1) is 13.3. The van der Waals surface area contributed by atoms with Crippen molar-refractivity contribution in [3.63, 3.8) is 0 Å². The summed E-state index contributed by atoms with van der Waals surface area (Å²) in [7, 11) is 0. The van der Waals surface area contributed by atoms with Crippen LogP contribution in [0.1, 0.15) is 12.8 Å². The summed E-state index contributed by atoms with van der Waals surface area (Å²) in [6.45, 7) is 0.377. The monoisotopic (exact) mass is 292 g/mol. The molecule has 0 unspecified atom stereocenters. The average molecular weight is 292 g/mol. The predicted octanol–water partition coefficient (Wildman–Crippen LogP) is 1.43. The van der Waals surface area contributed by atoms with Gasteiger partial charge in [0, 0.05) is 12.6 Å². The van der Waals surface area contributed by atoms with E-state index in [0.29, 0.717) is 18.2 Å². The minimum Gasteiger partial charge on any atom is -0.480 e. The molecule has 1 aromatic heterocycles. The molecule has 1 aliphatic carbocycles. The van der Waals surface area contributed by atoms with Crippen molar-refractivity contribution in [3.8, 4) is 0 Å². The molecule has 0 amide bonds. The third kappa shape index (κ3) is 2.62. The number of carbonyl (C=O) groups is 1. The number of hydrogen-bond donors (Lipinski definition) is 1. The number of rotatable bonds is 6. The van der Waals surface area contributed by atoms with Gasteiger partial charge < -0.3 is 10.0 Å².